The van der Waals surface area contributed by atoms with Crippen molar-refractivity contribution in [2.24, 2.45) is 0 Å². The number of benzene rings is 8. The van der Waals surface area contributed by atoms with Crippen LogP contribution in [0.2, 0.25) is 0 Å². The van der Waals surface area contributed by atoms with E-state index >= 15 is 0 Å². The van der Waals surface area contributed by atoms with E-state index in [1.54, 1.807) is 0 Å². The van der Waals surface area contributed by atoms with Crippen molar-refractivity contribution in [3.63, 3.8) is 0 Å². The van der Waals surface area contributed by atoms with Gasteiger partial charge in [0.2, 0.25) is 0 Å². The molecule has 0 atom stereocenters. The standard InChI is InChI=1S/C40H24O/c1-2-11-25(12-3-1)26-13-10-14-27(23-26)36-24-37-38(32-19-8-7-18-31(32)36)35-22-21-34-30-17-5-4-15-28(30)29-16-6-9-20-33(29)39(34)40(35)41-37/h1-24H. The van der Waals surface area contributed by atoms with Crippen LogP contribution in [0.25, 0.3) is 87.3 Å². The summed E-state index contributed by atoms with van der Waals surface area (Å²) in [4.78, 5) is 0. The first-order valence-corrected chi connectivity index (χ1v) is 14.1. The van der Waals surface area contributed by atoms with Crippen molar-refractivity contribution in [1.82, 2.24) is 0 Å². The number of hydrogen-bond acceptors (Lipinski definition) is 1. The molecule has 1 heterocycles. The molecule has 0 N–H and O–H groups in total. The van der Waals surface area contributed by atoms with Crippen LogP contribution in [0.15, 0.2) is 150 Å². The SMILES string of the molecule is c1ccc(-c2cccc(-c3cc4oc5c(ccc6c7ccccc7c7ccccc7c65)c4c4ccccc34)c2)cc1. The summed E-state index contributed by atoms with van der Waals surface area (Å²) in [6.07, 6.45) is 0. The molecular weight excluding hydrogens is 496 g/mol. The van der Waals surface area contributed by atoms with Gasteiger partial charge in [-0.2, -0.15) is 0 Å². The Morgan fingerprint density at radius 3 is 1.56 bits per heavy atom. The van der Waals surface area contributed by atoms with Crippen LogP contribution in [0.3, 0.4) is 0 Å². The van der Waals surface area contributed by atoms with Gasteiger partial charge >= 0.3 is 0 Å². The highest BCUT2D eigenvalue weighted by Gasteiger charge is 2.19. The van der Waals surface area contributed by atoms with Crippen molar-refractivity contribution in [3.05, 3.63) is 146 Å². The lowest BCUT2D eigenvalue weighted by atomic mass is 9.91. The second-order valence-corrected chi connectivity index (χ2v) is 10.8. The summed E-state index contributed by atoms with van der Waals surface area (Å²) in [6.45, 7) is 0. The Morgan fingerprint density at radius 1 is 0.317 bits per heavy atom. The molecule has 0 unspecified atom stereocenters. The van der Waals surface area contributed by atoms with Gasteiger partial charge in [-0.25, -0.2) is 0 Å². The summed E-state index contributed by atoms with van der Waals surface area (Å²) in [5.41, 5.74) is 6.68. The van der Waals surface area contributed by atoms with Crippen molar-refractivity contribution in [2.75, 3.05) is 0 Å². The number of fused-ring (bicyclic) bond motifs is 12. The average molecular weight is 521 g/mol. The number of furan rings is 1. The lowest BCUT2D eigenvalue weighted by molar-refractivity contribution is 0.673. The maximum absolute atomic E-state index is 6.91. The molecule has 0 aliphatic carbocycles. The molecule has 9 rings (SSSR count). The van der Waals surface area contributed by atoms with Crippen LogP contribution in [-0.2, 0) is 0 Å². The highest BCUT2D eigenvalue weighted by atomic mass is 16.3. The highest BCUT2D eigenvalue weighted by molar-refractivity contribution is 6.34. The second kappa shape index (κ2) is 8.55. The van der Waals surface area contributed by atoms with Gasteiger partial charge in [-0.05, 0) is 78.2 Å². The number of hydrogen-bond donors (Lipinski definition) is 0. The molecule has 8 aromatic carbocycles. The smallest absolute Gasteiger partial charge is 0.143 e. The molecule has 0 fully saturated rings. The predicted octanol–water partition coefficient (Wildman–Crippen LogP) is 11.5. The summed E-state index contributed by atoms with van der Waals surface area (Å²) >= 11 is 0. The third kappa shape index (κ3) is 3.24. The summed E-state index contributed by atoms with van der Waals surface area (Å²) in [7, 11) is 0. The molecule has 41 heavy (non-hydrogen) atoms. The Kier molecular flexibility index (Phi) is 4.67. The van der Waals surface area contributed by atoms with Gasteiger partial charge in [-0.1, -0.05) is 127 Å². The fourth-order valence-corrected chi connectivity index (χ4v) is 6.82. The molecule has 0 saturated heterocycles. The minimum Gasteiger partial charge on any atom is -0.455 e. The van der Waals surface area contributed by atoms with E-state index in [-0.39, 0.29) is 0 Å². The third-order valence-corrected chi connectivity index (χ3v) is 8.63. The van der Waals surface area contributed by atoms with Crippen molar-refractivity contribution >= 4 is 65.0 Å². The summed E-state index contributed by atoms with van der Waals surface area (Å²) in [5, 5.41) is 12.2. The van der Waals surface area contributed by atoms with E-state index in [9.17, 15) is 0 Å². The Bertz CT molecular complexity index is 2430. The Balaban J connectivity index is 1.41. The van der Waals surface area contributed by atoms with Gasteiger partial charge in [0, 0.05) is 16.2 Å². The first-order valence-electron chi connectivity index (χ1n) is 14.1. The van der Waals surface area contributed by atoms with Crippen LogP contribution in [0.5, 0.6) is 0 Å². The monoisotopic (exact) mass is 520 g/mol. The first-order chi connectivity index (χ1) is 20.3. The van der Waals surface area contributed by atoms with Gasteiger partial charge in [0.15, 0.2) is 0 Å². The van der Waals surface area contributed by atoms with Crippen LogP contribution >= 0.6 is 0 Å². The summed E-state index contributed by atoms with van der Waals surface area (Å²) in [5.74, 6) is 0. The fraction of sp³-hybridized carbons (Fsp3) is 0. The Morgan fingerprint density at radius 2 is 0.829 bits per heavy atom. The van der Waals surface area contributed by atoms with Gasteiger partial charge in [0.1, 0.15) is 11.2 Å². The molecule has 1 heteroatoms. The van der Waals surface area contributed by atoms with Crippen molar-refractivity contribution in [3.8, 4) is 22.3 Å². The highest BCUT2D eigenvalue weighted by Crippen LogP contribution is 2.45. The molecule has 190 valence electrons. The third-order valence-electron chi connectivity index (χ3n) is 8.63. The molecule has 9 aromatic rings. The summed E-state index contributed by atoms with van der Waals surface area (Å²) < 4.78 is 6.91. The van der Waals surface area contributed by atoms with Crippen molar-refractivity contribution in [2.45, 2.75) is 0 Å². The Labute approximate surface area is 236 Å². The van der Waals surface area contributed by atoms with E-state index in [0.29, 0.717) is 0 Å². The van der Waals surface area contributed by atoms with E-state index in [4.69, 9.17) is 4.42 Å². The van der Waals surface area contributed by atoms with E-state index in [1.165, 1.54) is 70.7 Å². The molecule has 0 spiro atoms. The van der Waals surface area contributed by atoms with E-state index in [1.807, 2.05) is 0 Å². The van der Waals surface area contributed by atoms with Crippen LogP contribution in [0.4, 0.5) is 0 Å². The van der Waals surface area contributed by atoms with E-state index < -0.39 is 0 Å². The molecule has 0 aliphatic rings. The lowest BCUT2D eigenvalue weighted by Gasteiger charge is -2.11. The number of rotatable bonds is 2. The first kappa shape index (κ1) is 22.4. The van der Waals surface area contributed by atoms with E-state index in [2.05, 4.69) is 146 Å². The van der Waals surface area contributed by atoms with Crippen LogP contribution in [-0.4, -0.2) is 0 Å². The maximum Gasteiger partial charge on any atom is 0.143 e. The zero-order valence-electron chi connectivity index (χ0n) is 22.3. The normalized spacial score (nSPS) is 11.9. The van der Waals surface area contributed by atoms with Gasteiger partial charge in [0.05, 0.1) is 0 Å². The van der Waals surface area contributed by atoms with Crippen LogP contribution in [0, 0.1) is 0 Å². The minimum atomic E-state index is 0.920. The van der Waals surface area contributed by atoms with Gasteiger partial charge in [-0.3, -0.25) is 0 Å². The van der Waals surface area contributed by atoms with Crippen molar-refractivity contribution in [1.29, 1.82) is 0 Å². The van der Waals surface area contributed by atoms with Crippen LogP contribution < -0.4 is 0 Å². The molecule has 0 amide bonds. The minimum absolute atomic E-state index is 0.920. The summed E-state index contributed by atoms with van der Waals surface area (Å²) in [6, 6.07) is 52.4. The second-order valence-electron chi connectivity index (χ2n) is 10.8. The topological polar surface area (TPSA) is 13.1 Å². The van der Waals surface area contributed by atoms with Gasteiger partial charge in [0.25, 0.3) is 0 Å². The lowest BCUT2D eigenvalue weighted by Crippen LogP contribution is -1.85. The molecule has 0 radical (unpaired) electrons. The van der Waals surface area contributed by atoms with Crippen LogP contribution in [0.1, 0.15) is 0 Å². The average Bonchev–Trinajstić information content (AvgIpc) is 3.44. The molecule has 1 aromatic heterocycles. The predicted molar refractivity (Wildman–Crippen MR) is 175 cm³/mol. The molecule has 0 aliphatic heterocycles. The zero-order valence-corrected chi connectivity index (χ0v) is 22.3. The largest absolute Gasteiger partial charge is 0.455 e. The molecule has 1 nitrogen and oxygen atoms in total. The molecular formula is C40H24O. The molecule has 0 bridgehead atoms. The maximum atomic E-state index is 6.91. The van der Waals surface area contributed by atoms with Gasteiger partial charge in [-0.15, -0.1) is 0 Å². The quantitative estimate of drug-likeness (QED) is 0.207. The van der Waals surface area contributed by atoms with E-state index in [0.717, 1.165) is 16.6 Å². The zero-order chi connectivity index (χ0) is 26.9. The Hall–Kier alpha value is -5.40. The van der Waals surface area contributed by atoms with Crippen molar-refractivity contribution < 1.29 is 4.42 Å². The molecule has 0 saturated carbocycles. The fourth-order valence-electron chi connectivity index (χ4n) is 6.82. The van der Waals surface area contributed by atoms with Gasteiger partial charge < -0.3 is 4.42 Å².